The molecule has 184 valence electrons. The third-order valence-corrected chi connectivity index (χ3v) is 7.99. The minimum absolute atomic E-state index is 0.00434. The van der Waals surface area contributed by atoms with Gasteiger partial charge in [0.2, 0.25) is 11.8 Å². The highest BCUT2D eigenvalue weighted by Crippen LogP contribution is 2.40. The summed E-state index contributed by atoms with van der Waals surface area (Å²) < 4.78 is 0. The van der Waals surface area contributed by atoms with Gasteiger partial charge in [-0.1, -0.05) is 6.92 Å². The highest BCUT2D eigenvalue weighted by atomic mass is 16.2. The van der Waals surface area contributed by atoms with Gasteiger partial charge in [0, 0.05) is 51.4 Å². The maximum absolute atomic E-state index is 13.6. The SMILES string of the molecule is CCN1CCN(C(=O)CN2C(=O)C3CCCCN3c3ccc(C(=O)N4CCCCC4)cc32)CC1. The van der Waals surface area contributed by atoms with E-state index in [2.05, 4.69) is 16.7 Å². The minimum atomic E-state index is -0.213. The van der Waals surface area contributed by atoms with Crippen molar-refractivity contribution >= 4 is 29.1 Å². The third-order valence-electron chi connectivity index (χ3n) is 7.99. The fourth-order valence-electron chi connectivity index (χ4n) is 5.88. The largest absolute Gasteiger partial charge is 0.358 e. The number of likely N-dealkylation sites (tertiary alicyclic amines) is 1. The van der Waals surface area contributed by atoms with Gasteiger partial charge in [-0.2, -0.15) is 0 Å². The van der Waals surface area contributed by atoms with Gasteiger partial charge in [0.25, 0.3) is 5.91 Å². The first-order valence-electron chi connectivity index (χ1n) is 13.1. The molecule has 4 aliphatic rings. The second kappa shape index (κ2) is 9.94. The van der Waals surface area contributed by atoms with Gasteiger partial charge in [-0.3, -0.25) is 19.3 Å². The van der Waals surface area contributed by atoms with Crippen LogP contribution in [0.3, 0.4) is 0 Å². The van der Waals surface area contributed by atoms with E-state index >= 15 is 0 Å². The van der Waals surface area contributed by atoms with Gasteiger partial charge in [-0.25, -0.2) is 0 Å². The zero-order valence-electron chi connectivity index (χ0n) is 20.4. The monoisotopic (exact) mass is 467 g/mol. The summed E-state index contributed by atoms with van der Waals surface area (Å²) in [6.07, 6.45) is 6.13. The van der Waals surface area contributed by atoms with Crippen molar-refractivity contribution in [2.45, 2.75) is 51.5 Å². The van der Waals surface area contributed by atoms with E-state index in [1.807, 2.05) is 28.0 Å². The smallest absolute Gasteiger partial charge is 0.253 e. The molecule has 0 N–H and O–H groups in total. The van der Waals surface area contributed by atoms with Crippen molar-refractivity contribution in [3.8, 4) is 0 Å². The van der Waals surface area contributed by atoms with Gasteiger partial charge in [-0.15, -0.1) is 0 Å². The second-order valence-corrected chi connectivity index (χ2v) is 10.0. The van der Waals surface area contributed by atoms with Crippen LogP contribution in [0.15, 0.2) is 18.2 Å². The van der Waals surface area contributed by atoms with Gasteiger partial charge < -0.3 is 19.6 Å². The van der Waals surface area contributed by atoms with Crippen LogP contribution < -0.4 is 9.80 Å². The van der Waals surface area contributed by atoms with Crippen LogP contribution in [-0.2, 0) is 9.59 Å². The number of fused-ring (bicyclic) bond motifs is 3. The molecule has 0 bridgehead atoms. The third kappa shape index (κ3) is 4.40. The molecule has 0 saturated carbocycles. The predicted molar refractivity (Wildman–Crippen MR) is 132 cm³/mol. The summed E-state index contributed by atoms with van der Waals surface area (Å²) in [4.78, 5) is 50.1. The summed E-state index contributed by atoms with van der Waals surface area (Å²) in [7, 11) is 0. The molecular formula is C26H37N5O3. The number of piperazine rings is 1. The Bertz CT molecular complexity index is 936. The van der Waals surface area contributed by atoms with Crippen LogP contribution in [-0.4, -0.2) is 97.4 Å². The molecule has 5 rings (SSSR count). The van der Waals surface area contributed by atoms with E-state index in [4.69, 9.17) is 0 Å². The van der Waals surface area contributed by atoms with Crippen molar-refractivity contribution in [1.29, 1.82) is 0 Å². The topological polar surface area (TPSA) is 67.4 Å². The summed E-state index contributed by atoms with van der Waals surface area (Å²) in [5.41, 5.74) is 2.30. The van der Waals surface area contributed by atoms with E-state index in [0.717, 1.165) is 77.1 Å². The standard InChI is InChI=1S/C26H37N5O3/c1-2-27-14-16-28(17-15-27)24(32)19-31-23-18-20(25(33)29-11-5-3-6-12-29)9-10-21(23)30-13-7-4-8-22(30)26(31)34/h9-10,18,22H,2-8,11-17,19H2,1H3. The van der Waals surface area contributed by atoms with Gasteiger partial charge >= 0.3 is 0 Å². The number of amides is 3. The Hall–Kier alpha value is -2.61. The van der Waals surface area contributed by atoms with Crippen molar-refractivity contribution in [3.63, 3.8) is 0 Å². The first kappa shape index (κ1) is 23.1. The van der Waals surface area contributed by atoms with Crippen molar-refractivity contribution in [1.82, 2.24) is 14.7 Å². The molecular weight excluding hydrogens is 430 g/mol. The molecule has 8 heteroatoms. The fourth-order valence-corrected chi connectivity index (χ4v) is 5.88. The molecule has 1 aromatic carbocycles. The van der Waals surface area contributed by atoms with Gasteiger partial charge in [-0.05, 0) is 63.3 Å². The number of hydrogen-bond donors (Lipinski definition) is 0. The minimum Gasteiger partial charge on any atom is -0.358 e. The number of benzene rings is 1. The van der Waals surface area contributed by atoms with Crippen LogP contribution in [0.5, 0.6) is 0 Å². The number of hydrogen-bond acceptors (Lipinski definition) is 5. The summed E-state index contributed by atoms with van der Waals surface area (Å²) in [6.45, 7) is 8.73. The molecule has 1 unspecified atom stereocenters. The average molecular weight is 468 g/mol. The fraction of sp³-hybridized carbons (Fsp3) is 0.654. The number of nitrogens with zero attached hydrogens (tertiary/aromatic N) is 5. The molecule has 0 aromatic heterocycles. The Balaban J connectivity index is 1.42. The highest BCUT2D eigenvalue weighted by Gasteiger charge is 2.41. The molecule has 34 heavy (non-hydrogen) atoms. The van der Waals surface area contributed by atoms with E-state index in [1.165, 1.54) is 6.42 Å². The van der Waals surface area contributed by atoms with Crippen LogP contribution >= 0.6 is 0 Å². The summed E-state index contributed by atoms with van der Waals surface area (Å²) in [6, 6.07) is 5.54. The molecule has 0 spiro atoms. The average Bonchev–Trinajstić information content (AvgIpc) is 2.90. The Labute approximate surface area is 202 Å². The number of carbonyl (C=O) groups is 3. The Morgan fingerprint density at radius 1 is 0.853 bits per heavy atom. The van der Waals surface area contributed by atoms with Gasteiger partial charge in [0.15, 0.2) is 0 Å². The second-order valence-electron chi connectivity index (χ2n) is 10.0. The van der Waals surface area contributed by atoms with Gasteiger partial charge in [0.1, 0.15) is 12.6 Å². The molecule has 4 heterocycles. The zero-order chi connectivity index (χ0) is 23.7. The molecule has 0 radical (unpaired) electrons. The van der Waals surface area contributed by atoms with Crippen LogP contribution in [0.1, 0.15) is 55.8 Å². The van der Waals surface area contributed by atoms with E-state index in [-0.39, 0.29) is 30.3 Å². The van der Waals surface area contributed by atoms with E-state index in [1.54, 1.807) is 4.90 Å². The maximum atomic E-state index is 13.6. The van der Waals surface area contributed by atoms with Crippen LogP contribution in [0.4, 0.5) is 11.4 Å². The number of piperidine rings is 2. The van der Waals surface area contributed by atoms with Crippen LogP contribution in [0.25, 0.3) is 0 Å². The predicted octanol–water partition coefficient (Wildman–Crippen LogP) is 2.18. The first-order chi connectivity index (χ1) is 16.6. The highest BCUT2D eigenvalue weighted by molar-refractivity contribution is 6.09. The molecule has 0 aliphatic carbocycles. The summed E-state index contributed by atoms with van der Waals surface area (Å²) in [5.74, 6) is 0.0140. The van der Waals surface area contributed by atoms with E-state index in [9.17, 15) is 14.4 Å². The van der Waals surface area contributed by atoms with Crippen molar-refractivity contribution in [2.75, 3.05) is 68.7 Å². The number of carbonyl (C=O) groups excluding carboxylic acids is 3. The normalized spacial score (nSPS) is 23.6. The Morgan fingerprint density at radius 3 is 2.32 bits per heavy atom. The molecule has 1 atom stereocenters. The van der Waals surface area contributed by atoms with Gasteiger partial charge in [0.05, 0.1) is 11.4 Å². The number of rotatable bonds is 4. The Morgan fingerprint density at radius 2 is 1.59 bits per heavy atom. The van der Waals surface area contributed by atoms with E-state index in [0.29, 0.717) is 24.3 Å². The lowest BCUT2D eigenvalue weighted by Gasteiger charge is -2.45. The van der Waals surface area contributed by atoms with Crippen LogP contribution in [0.2, 0.25) is 0 Å². The van der Waals surface area contributed by atoms with E-state index < -0.39 is 0 Å². The molecule has 8 nitrogen and oxygen atoms in total. The van der Waals surface area contributed by atoms with Crippen molar-refractivity contribution in [3.05, 3.63) is 23.8 Å². The summed E-state index contributed by atoms with van der Waals surface area (Å²) in [5, 5.41) is 0. The molecule has 3 fully saturated rings. The molecule has 3 amide bonds. The quantitative estimate of drug-likeness (QED) is 0.679. The van der Waals surface area contributed by atoms with Crippen molar-refractivity contribution < 1.29 is 14.4 Å². The van der Waals surface area contributed by atoms with Crippen LogP contribution in [0, 0.1) is 0 Å². The maximum Gasteiger partial charge on any atom is 0.253 e. The summed E-state index contributed by atoms with van der Waals surface area (Å²) >= 11 is 0. The lowest BCUT2D eigenvalue weighted by atomic mass is 9.95. The molecule has 4 aliphatic heterocycles. The molecule has 3 saturated heterocycles. The Kier molecular flexibility index (Phi) is 6.77. The number of likely N-dealkylation sites (N-methyl/N-ethyl adjacent to an activating group) is 1. The van der Waals surface area contributed by atoms with Crippen molar-refractivity contribution in [2.24, 2.45) is 0 Å². The lowest BCUT2D eigenvalue weighted by molar-refractivity contribution is -0.133. The molecule has 1 aromatic rings. The number of anilines is 2. The lowest BCUT2D eigenvalue weighted by Crippen LogP contribution is -2.58. The zero-order valence-corrected chi connectivity index (χ0v) is 20.4. The first-order valence-corrected chi connectivity index (χ1v) is 13.1.